The highest BCUT2D eigenvalue weighted by atomic mass is 32.2. The van der Waals surface area contributed by atoms with E-state index in [1.165, 1.54) is 23.5 Å². The number of carbonyl (C=O) groups excluding carboxylic acids is 2. The Morgan fingerprint density at radius 1 is 0.833 bits per heavy atom. The monoisotopic (exact) mass is 200 g/mol. The number of hydrogen-bond acceptors (Lipinski definition) is 4. The summed E-state index contributed by atoms with van der Waals surface area (Å²) >= 11 is 3.08. The second kappa shape index (κ2) is 3.26. The molecule has 0 N–H and O–H groups in total. The van der Waals surface area contributed by atoms with Crippen LogP contribution in [0.2, 0.25) is 0 Å². The van der Waals surface area contributed by atoms with E-state index in [0.717, 1.165) is 21.3 Å². The number of thioether (sulfide) groups is 2. The average molecular weight is 200 g/mol. The Bertz CT molecular complexity index is 253. The van der Waals surface area contributed by atoms with Crippen molar-refractivity contribution in [2.45, 2.75) is 12.8 Å². The summed E-state index contributed by atoms with van der Waals surface area (Å²) in [6, 6.07) is 0. The summed E-state index contributed by atoms with van der Waals surface area (Å²) in [6.07, 6.45) is 1.22. The highest BCUT2D eigenvalue weighted by Crippen LogP contribution is 2.38. The number of rotatable bonds is 0. The second-order valence-electron chi connectivity index (χ2n) is 2.70. The fourth-order valence-electron chi connectivity index (χ4n) is 1.26. The van der Waals surface area contributed by atoms with Crippen LogP contribution in [-0.4, -0.2) is 23.1 Å². The fourth-order valence-corrected chi connectivity index (χ4v) is 3.62. The van der Waals surface area contributed by atoms with Crippen LogP contribution in [0.15, 0.2) is 9.81 Å². The molecule has 0 aromatic rings. The van der Waals surface area contributed by atoms with Crippen molar-refractivity contribution < 1.29 is 9.59 Å². The van der Waals surface area contributed by atoms with E-state index in [9.17, 15) is 9.59 Å². The molecule has 0 amide bonds. The van der Waals surface area contributed by atoms with E-state index in [-0.39, 0.29) is 11.6 Å². The van der Waals surface area contributed by atoms with Gasteiger partial charge in [-0.05, 0) is 0 Å². The van der Waals surface area contributed by atoms with Crippen LogP contribution in [0.1, 0.15) is 12.8 Å². The maximum Gasteiger partial charge on any atom is 0.171 e. The van der Waals surface area contributed by atoms with Crippen LogP contribution < -0.4 is 0 Å². The Balaban J connectivity index is 2.34. The molecule has 0 aromatic heterocycles. The van der Waals surface area contributed by atoms with E-state index in [0.29, 0.717) is 12.8 Å². The highest BCUT2D eigenvalue weighted by Gasteiger charge is 2.28. The Morgan fingerprint density at radius 2 is 1.25 bits per heavy atom. The van der Waals surface area contributed by atoms with Crippen molar-refractivity contribution in [2.24, 2.45) is 0 Å². The van der Waals surface area contributed by atoms with Crippen molar-refractivity contribution in [1.29, 1.82) is 0 Å². The van der Waals surface area contributed by atoms with Crippen LogP contribution >= 0.6 is 23.5 Å². The van der Waals surface area contributed by atoms with Gasteiger partial charge in [-0.15, -0.1) is 23.5 Å². The molecule has 64 valence electrons. The fraction of sp³-hybridized carbons (Fsp3) is 0.500. The zero-order valence-corrected chi connectivity index (χ0v) is 8.09. The molecule has 0 bridgehead atoms. The molecule has 2 aliphatic heterocycles. The Hall–Kier alpha value is -0.220. The van der Waals surface area contributed by atoms with Gasteiger partial charge in [-0.3, -0.25) is 9.59 Å². The topological polar surface area (TPSA) is 34.1 Å². The van der Waals surface area contributed by atoms with Gasteiger partial charge in [0, 0.05) is 24.3 Å². The molecule has 4 heteroatoms. The summed E-state index contributed by atoms with van der Waals surface area (Å²) in [5.41, 5.74) is 0. The van der Waals surface area contributed by atoms with E-state index in [1.54, 1.807) is 0 Å². The van der Waals surface area contributed by atoms with Gasteiger partial charge in [0.15, 0.2) is 11.6 Å². The summed E-state index contributed by atoms with van der Waals surface area (Å²) in [5.74, 6) is 2.03. The second-order valence-corrected chi connectivity index (χ2v) is 4.91. The quantitative estimate of drug-likeness (QED) is 0.556. The Kier molecular flexibility index (Phi) is 2.28. The largest absolute Gasteiger partial charge is 0.294 e. The predicted octanol–water partition coefficient (Wildman–Crippen LogP) is 1.61. The Labute approximate surface area is 79.2 Å². The molecule has 0 unspecified atom stereocenters. The van der Waals surface area contributed by atoms with Gasteiger partial charge in [0.2, 0.25) is 0 Å². The molecule has 0 aliphatic carbocycles. The van der Waals surface area contributed by atoms with Crippen LogP contribution in [0, 0.1) is 0 Å². The van der Waals surface area contributed by atoms with Crippen LogP contribution in [-0.2, 0) is 9.59 Å². The molecule has 2 heterocycles. The first-order valence-electron chi connectivity index (χ1n) is 3.85. The standard InChI is InChI=1S/C8H8O2S2/c9-5-1-3-11-7(5)8-6(10)2-4-12-8/h1-4H2/b8-7+. The van der Waals surface area contributed by atoms with Gasteiger partial charge in [0.05, 0.1) is 9.81 Å². The van der Waals surface area contributed by atoms with Gasteiger partial charge in [0.1, 0.15) is 0 Å². The van der Waals surface area contributed by atoms with Gasteiger partial charge >= 0.3 is 0 Å². The van der Waals surface area contributed by atoms with Gasteiger partial charge in [-0.25, -0.2) is 0 Å². The van der Waals surface area contributed by atoms with Crippen molar-refractivity contribution >= 4 is 35.1 Å². The predicted molar refractivity (Wildman–Crippen MR) is 51.2 cm³/mol. The van der Waals surface area contributed by atoms with Crippen molar-refractivity contribution in [1.82, 2.24) is 0 Å². The number of allylic oxidation sites excluding steroid dienone is 2. The molecule has 0 radical (unpaired) electrons. The zero-order valence-electron chi connectivity index (χ0n) is 6.46. The number of ketones is 2. The smallest absolute Gasteiger partial charge is 0.171 e. The van der Waals surface area contributed by atoms with E-state index < -0.39 is 0 Å². The van der Waals surface area contributed by atoms with Gasteiger partial charge in [-0.2, -0.15) is 0 Å². The summed E-state index contributed by atoms with van der Waals surface area (Å²) in [5, 5.41) is 0. The van der Waals surface area contributed by atoms with E-state index in [4.69, 9.17) is 0 Å². The molecular formula is C8H8O2S2. The van der Waals surface area contributed by atoms with Crippen molar-refractivity contribution in [2.75, 3.05) is 11.5 Å². The van der Waals surface area contributed by atoms with E-state index in [2.05, 4.69) is 0 Å². The summed E-state index contributed by atoms with van der Waals surface area (Å²) in [7, 11) is 0. The van der Waals surface area contributed by atoms with Crippen molar-refractivity contribution in [3.63, 3.8) is 0 Å². The summed E-state index contributed by atoms with van der Waals surface area (Å²) in [4.78, 5) is 24.0. The minimum Gasteiger partial charge on any atom is -0.294 e. The van der Waals surface area contributed by atoms with Gasteiger partial charge in [0.25, 0.3) is 0 Å². The van der Waals surface area contributed by atoms with Gasteiger partial charge in [-0.1, -0.05) is 0 Å². The molecular weight excluding hydrogens is 192 g/mol. The van der Waals surface area contributed by atoms with Gasteiger partial charge < -0.3 is 0 Å². The van der Waals surface area contributed by atoms with E-state index in [1.807, 2.05) is 0 Å². The molecule has 0 saturated carbocycles. The summed E-state index contributed by atoms with van der Waals surface area (Å²) < 4.78 is 0. The zero-order chi connectivity index (χ0) is 8.55. The molecule has 2 fully saturated rings. The first-order valence-corrected chi connectivity index (χ1v) is 5.82. The lowest BCUT2D eigenvalue weighted by Gasteiger charge is -1.97. The average Bonchev–Trinajstić information content (AvgIpc) is 2.59. The minimum absolute atomic E-state index is 0.165. The molecule has 0 atom stereocenters. The maximum absolute atomic E-state index is 11.3. The number of carbonyl (C=O) groups is 2. The maximum atomic E-state index is 11.3. The van der Waals surface area contributed by atoms with Crippen LogP contribution in [0.3, 0.4) is 0 Å². The molecule has 12 heavy (non-hydrogen) atoms. The molecule has 2 saturated heterocycles. The third kappa shape index (κ3) is 1.33. The summed E-state index contributed by atoms with van der Waals surface area (Å²) in [6.45, 7) is 0. The van der Waals surface area contributed by atoms with Crippen molar-refractivity contribution in [3.8, 4) is 0 Å². The molecule has 2 aliphatic rings. The highest BCUT2D eigenvalue weighted by molar-refractivity contribution is 8.08. The SMILES string of the molecule is O=C1CCS/C1=C1/SCCC1=O. The third-order valence-electron chi connectivity index (χ3n) is 1.86. The molecule has 0 aromatic carbocycles. The minimum atomic E-state index is 0.165. The van der Waals surface area contributed by atoms with Crippen LogP contribution in [0.25, 0.3) is 0 Å². The van der Waals surface area contributed by atoms with Crippen LogP contribution in [0.4, 0.5) is 0 Å². The molecule has 2 nitrogen and oxygen atoms in total. The lowest BCUT2D eigenvalue weighted by molar-refractivity contribution is -0.116. The van der Waals surface area contributed by atoms with Crippen LogP contribution in [0.5, 0.6) is 0 Å². The lowest BCUT2D eigenvalue weighted by Crippen LogP contribution is -1.98. The number of Topliss-reactive ketones (excluding diaryl/α,β-unsaturated/α-hetero) is 2. The molecule has 0 spiro atoms. The molecule has 2 rings (SSSR count). The normalized spacial score (nSPS) is 30.3. The van der Waals surface area contributed by atoms with Crippen molar-refractivity contribution in [3.05, 3.63) is 9.81 Å². The lowest BCUT2D eigenvalue weighted by atomic mass is 10.2. The first kappa shape index (κ1) is 8.38. The Morgan fingerprint density at radius 3 is 1.50 bits per heavy atom. The number of hydrogen-bond donors (Lipinski definition) is 0. The van der Waals surface area contributed by atoms with E-state index >= 15 is 0 Å². The third-order valence-corrected chi connectivity index (χ3v) is 4.25. The first-order chi connectivity index (χ1) is 5.79.